The quantitative estimate of drug-likeness (QED) is 0.815. The largest absolute Gasteiger partial charge is 0.378 e. The summed E-state index contributed by atoms with van der Waals surface area (Å²) >= 11 is 2.35. The first kappa shape index (κ1) is 14.3. The minimum Gasteiger partial charge on any atom is -0.378 e. The first-order valence-electron chi connectivity index (χ1n) is 6.78. The Morgan fingerprint density at radius 3 is 2.67 bits per heavy atom. The molecule has 1 fully saturated rings. The van der Waals surface area contributed by atoms with Crippen molar-refractivity contribution < 1.29 is 4.74 Å². The second-order valence-corrected chi connectivity index (χ2v) is 6.38. The predicted octanol–water partition coefficient (Wildman–Crippen LogP) is 3.24. The molecule has 100 valence electrons. The van der Waals surface area contributed by atoms with Crippen molar-refractivity contribution in [3.8, 4) is 0 Å². The molecule has 3 atom stereocenters. The first-order valence-corrected chi connectivity index (χ1v) is 7.86. The number of ether oxygens (including phenoxy) is 1. The van der Waals surface area contributed by atoms with E-state index in [2.05, 4.69) is 66.0 Å². The molecule has 2 rings (SSSR count). The van der Waals surface area contributed by atoms with Gasteiger partial charge in [0.15, 0.2) is 0 Å². The van der Waals surface area contributed by atoms with Gasteiger partial charge in [0.2, 0.25) is 0 Å². The Balaban J connectivity index is 1.99. The lowest BCUT2D eigenvalue weighted by Crippen LogP contribution is -2.38. The first-order chi connectivity index (χ1) is 8.69. The van der Waals surface area contributed by atoms with Crippen molar-refractivity contribution in [2.45, 2.75) is 38.8 Å². The van der Waals surface area contributed by atoms with Crippen LogP contribution in [0.25, 0.3) is 0 Å². The van der Waals surface area contributed by atoms with Crippen molar-refractivity contribution in [3.63, 3.8) is 0 Å². The summed E-state index contributed by atoms with van der Waals surface area (Å²) in [6.07, 6.45) is 2.71. The van der Waals surface area contributed by atoms with Crippen molar-refractivity contribution in [3.05, 3.63) is 33.4 Å². The molecule has 0 amide bonds. The SMILES string of the molecule is CCNC(Cc1ccc(I)cc1)C1COC(C)C1. The Kier molecular flexibility index (Phi) is 5.45. The fourth-order valence-electron chi connectivity index (χ4n) is 2.67. The third-order valence-corrected chi connectivity index (χ3v) is 4.35. The van der Waals surface area contributed by atoms with Crippen molar-refractivity contribution in [2.24, 2.45) is 5.92 Å². The Labute approximate surface area is 124 Å². The van der Waals surface area contributed by atoms with Gasteiger partial charge >= 0.3 is 0 Å². The Hall–Kier alpha value is -0.130. The molecule has 0 aliphatic carbocycles. The monoisotopic (exact) mass is 359 g/mol. The van der Waals surface area contributed by atoms with E-state index in [0.717, 1.165) is 19.6 Å². The molecular weight excluding hydrogens is 337 g/mol. The van der Waals surface area contributed by atoms with Crippen molar-refractivity contribution >= 4 is 22.6 Å². The summed E-state index contributed by atoms with van der Waals surface area (Å²) in [6, 6.07) is 9.40. The standard InChI is InChI=1S/C15H22INO/c1-3-17-15(13-8-11(2)18-10-13)9-12-4-6-14(16)7-5-12/h4-7,11,13,15,17H,3,8-10H2,1-2H3. The molecular formula is C15H22INO. The highest BCUT2D eigenvalue weighted by Gasteiger charge is 2.29. The summed E-state index contributed by atoms with van der Waals surface area (Å²) in [5.41, 5.74) is 1.42. The van der Waals surface area contributed by atoms with Crippen LogP contribution in [-0.2, 0) is 11.2 Å². The zero-order chi connectivity index (χ0) is 13.0. The van der Waals surface area contributed by atoms with Gasteiger partial charge in [-0.2, -0.15) is 0 Å². The van der Waals surface area contributed by atoms with Gasteiger partial charge in [0.25, 0.3) is 0 Å². The lowest BCUT2D eigenvalue weighted by atomic mass is 9.91. The lowest BCUT2D eigenvalue weighted by molar-refractivity contribution is 0.117. The second kappa shape index (κ2) is 6.87. The fourth-order valence-corrected chi connectivity index (χ4v) is 3.03. The minimum atomic E-state index is 0.424. The summed E-state index contributed by atoms with van der Waals surface area (Å²) in [4.78, 5) is 0. The minimum absolute atomic E-state index is 0.424. The van der Waals surface area contributed by atoms with Crippen LogP contribution in [0, 0.1) is 9.49 Å². The zero-order valence-electron chi connectivity index (χ0n) is 11.2. The molecule has 1 aliphatic rings. The van der Waals surface area contributed by atoms with Crippen LogP contribution >= 0.6 is 22.6 Å². The fraction of sp³-hybridized carbons (Fsp3) is 0.600. The summed E-state index contributed by atoms with van der Waals surface area (Å²) in [5.74, 6) is 0.652. The van der Waals surface area contributed by atoms with Gasteiger partial charge in [-0.1, -0.05) is 19.1 Å². The van der Waals surface area contributed by atoms with Gasteiger partial charge in [0.1, 0.15) is 0 Å². The van der Waals surface area contributed by atoms with Crippen LogP contribution in [0.3, 0.4) is 0 Å². The van der Waals surface area contributed by atoms with Crippen molar-refractivity contribution in [2.75, 3.05) is 13.2 Å². The van der Waals surface area contributed by atoms with Gasteiger partial charge in [0.05, 0.1) is 12.7 Å². The molecule has 1 N–H and O–H groups in total. The number of benzene rings is 1. The molecule has 0 saturated carbocycles. The predicted molar refractivity (Wildman–Crippen MR) is 83.8 cm³/mol. The van der Waals surface area contributed by atoms with Crippen molar-refractivity contribution in [1.82, 2.24) is 5.32 Å². The van der Waals surface area contributed by atoms with E-state index in [1.54, 1.807) is 0 Å². The highest BCUT2D eigenvalue weighted by molar-refractivity contribution is 14.1. The third-order valence-electron chi connectivity index (χ3n) is 3.63. The van der Waals surface area contributed by atoms with Crippen LogP contribution < -0.4 is 5.32 Å². The molecule has 0 bridgehead atoms. The molecule has 18 heavy (non-hydrogen) atoms. The highest BCUT2D eigenvalue weighted by atomic mass is 127. The summed E-state index contributed by atoms with van der Waals surface area (Å²) in [7, 11) is 0. The van der Waals surface area contributed by atoms with Crippen LogP contribution in [0.4, 0.5) is 0 Å². The molecule has 2 nitrogen and oxygen atoms in total. The van der Waals surface area contributed by atoms with Crippen molar-refractivity contribution in [1.29, 1.82) is 0 Å². The molecule has 3 heteroatoms. The lowest BCUT2D eigenvalue weighted by Gasteiger charge is -2.23. The van der Waals surface area contributed by atoms with Gasteiger partial charge in [0, 0.05) is 15.5 Å². The van der Waals surface area contributed by atoms with Gasteiger partial charge in [-0.05, 0) is 66.6 Å². The molecule has 3 unspecified atom stereocenters. The number of nitrogens with one attached hydrogen (secondary N) is 1. The second-order valence-electron chi connectivity index (χ2n) is 5.13. The summed E-state index contributed by atoms with van der Waals surface area (Å²) in [5, 5.41) is 3.63. The van der Waals surface area contributed by atoms with Crippen LogP contribution in [0.15, 0.2) is 24.3 Å². The smallest absolute Gasteiger partial charge is 0.0551 e. The summed E-state index contributed by atoms with van der Waals surface area (Å²) in [6.45, 7) is 6.29. The number of likely N-dealkylation sites (N-methyl/N-ethyl adjacent to an activating group) is 1. The van der Waals surface area contributed by atoms with E-state index in [0.29, 0.717) is 18.1 Å². The maximum absolute atomic E-state index is 5.71. The molecule has 1 aromatic carbocycles. The Morgan fingerprint density at radius 1 is 1.39 bits per heavy atom. The highest BCUT2D eigenvalue weighted by Crippen LogP contribution is 2.24. The topological polar surface area (TPSA) is 21.3 Å². The molecule has 0 radical (unpaired) electrons. The number of halogens is 1. The molecule has 1 aliphatic heterocycles. The van der Waals surface area contributed by atoms with E-state index in [4.69, 9.17) is 4.74 Å². The van der Waals surface area contributed by atoms with E-state index in [1.165, 1.54) is 15.6 Å². The maximum atomic E-state index is 5.71. The van der Waals surface area contributed by atoms with Gasteiger partial charge in [-0.3, -0.25) is 0 Å². The average molecular weight is 359 g/mol. The average Bonchev–Trinajstić information content (AvgIpc) is 2.78. The zero-order valence-corrected chi connectivity index (χ0v) is 13.3. The number of hydrogen-bond donors (Lipinski definition) is 1. The normalized spacial score (nSPS) is 25.3. The van der Waals surface area contributed by atoms with Crippen LogP contribution in [0.5, 0.6) is 0 Å². The maximum Gasteiger partial charge on any atom is 0.0551 e. The number of rotatable bonds is 5. The Bertz CT molecular complexity index is 365. The van der Waals surface area contributed by atoms with Gasteiger partial charge in [-0.15, -0.1) is 0 Å². The van der Waals surface area contributed by atoms with Gasteiger partial charge in [-0.25, -0.2) is 0 Å². The van der Waals surface area contributed by atoms with E-state index in [1.807, 2.05) is 0 Å². The molecule has 1 aromatic rings. The van der Waals surface area contributed by atoms with E-state index in [9.17, 15) is 0 Å². The molecule has 0 spiro atoms. The summed E-state index contributed by atoms with van der Waals surface area (Å²) < 4.78 is 7.01. The van der Waals surface area contributed by atoms with E-state index in [-0.39, 0.29) is 0 Å². The van der Waals surface area contributed by atoms with Crippen LogP contribution in [0.1, 0.15) is 25.8 Å². The van der Waals surface area contributed by atoms with Crippen LogP contribution in [-0.4, -0.2) is 25.3 Å². The number of hydrogen-bond acceptors (Lipinski definition) is 2. The van der Waals surface area contributed by atoms with E-state index >= 15 is 0 Å². The third kappa shape index (κ3) is 3.93. The van der Waals surface area contributed by atoms with Gasteiger partial charge < -0.3 is 10.1 Å². The van der Waals surface area contributed by atoms with E-state index < -0.39 is 0 Å². The molecule has 1 saturated heterocycles. The molecule has 1 heterocycles. The molecule has 0 aromatic heterocycles. The Morgan fingerprint density at radius 2 is 2.11 bits per heavy atom. The van der Waals surface area contributed by atoms with Crippen LogP contribution in [0.2, 0.25) is 0 Å².